The Hall–Kier alpha value is -0.930. The van der Waals surface area contributed by atoms with E-state index in [0.29, 0.717) is 12.3 Å². The highest BCUT2D eigenvalue weighted by Gasteiger charge is 2.69. The van der Waals surface area contributed by atoms with Crippen LogP contribution < -0.4 is 0 Å². The van der Waals surface area contributed by atoms with E-state index in [1.54, 1.807) is 12.2 Å². The topological polar surface area (TPSA) is 57.5 Å². The normalized spacial score (nSPS) is 56.3. The van der Waals surface area contributed by atoms with Crippen LogP contribution >= 0.6 is 0 Å². The third-order valence-corrected chi connectivity index (χ3v) is 9.16. The summed E-state index contributed by atoms with van der Waals surface area (Å²) in [5.41, 5.74) is 0.598. The average Bonchev–Trinajstić information content (AvgIpc) is 2.77. The summed E-state index contributed by atoms with van der Waals surface area (Å²) in [4.78, 5) is 11.9. The summed E-state index contributed by atoms with van der Waals surface area (Å²) in [5, 5.41) is 21.6. The van der Waals surface area contributed by atoms with E-state index in [-0.39, 0.29) is 33.5 Å². The van der Waals surface area contributed by atoms with Gasteiger partial charge in [-0.25, -0.2) is 0 Å². The first-order valence-electron chi connectivity index (χ1n) is 9.40. The van der Waals surface area contributed by atoms with Gasteiger partial charge in [0.15, 0.2) is 5.78 Å². The number of rotatable bonds is 0. The fourth-order valence-electron chi connectivity index (χ4n) is 6.99. The van der Waals surface area contributed by atoms with Crippen LogP contribution in [0.1, 0.15) is 59.8 Å². The molecule has 3 heteroatoms. The van der Waals surface area contributed by atoms with Crippen molar-refractivity contribution in [1.82, 2.24) is 0 Å². The molecule has 4 rings (SSSR count). The Bertz CT molecular complexity index is 664. The molecule has 0 heterocycles. The van der Waals surface area contributed by atoms with E-state index in [0.717, 1.165) is 31.3 Å². The van der Waals surface area contributed by atoms with Crippen molar-refractivity contribution in [3.63, 3.8) is 0 Å². The molecule has 3 fully saturated rings. The Morgan fingerprint density at radius 2 is 1.67 bits per heavy atom. The minimum Gasteiger partial charge on any atom is -0.393 e. The molecule has 0 bridgehead atoms. The molecular formula is C21H30O3. The quantitative estimate of drug-likeness (QED) is 0.715. The second-order valence-corrected chi connectivity index (χ2v) is 9.65. The first kappa shape index (κ1) is 16.5. The predicted molar refractivity (Wildman–Crippen MR) is 93.2 cm³/mol. The molecule has 0 unspecified atom stereocenters. The number of allylic oxidation sites excluding steroid dienone is 3. The summed E-state index contributed by atoms with van der Waals surface area (Å²) in [6, 6.07) is 0. The van der Waals surface area contributed by atoms with Crippen molar-refractivity contribution < 1.29 is 15.0 Å². The lowest BCUT2D eigenvalue weighted by Gasteiger charge is -2.67. The van der Waals surface area contributed by atoms with Crippen LogP contribution in [-0.4, -0.2) is 28.2 Å². The molecule has 7 atom stereocenters. The molecule has 132 valence electrons. The van der Waals surface area contributed by atoms with Gasteiger partial charge in [0.2, 0.25) is 0 Å². The molecule has 0 aliphatic heterocycles. The van der Waals surface area contributed by atoms with Crippen LogP contribution in [0, 0.1) is 27.6 Å². The molecule has 3 saturated carbocycles. The van der Waals surface area contributed by atoms with Crippen molar-refractivity contribution in [2.75, 3.05) is 0 Å². The number of aliphatic hydroxyl groups excluding tert-OH is 2. The van der Waals surface area contributed by atoms with Crippen LogP contribution in [0.5, 0.6) is 0 Å². The minimum atomic E-state index is -0.557. The van der Waals surface area contributed by atoms with Gasteiger partial charge >= 0.3 is 0 Å². The third kappa shape index (κ3) is 1.63. The van der Waals surface area contributed by atoms with Gasteiger partial charge in [-0.3, -0.25) is 4.79 Å². The minimum absolute atomic E-state index is 0.00752. The fourth-order valence-corrected chi connectivity index (χ4v) is 6.99. The van der Waals surface area contributed by atoms with Gasteiger partial charge in [-0.1, -0.05) is 33.8 Å². The number of aliphatic hydroxyl groups is 2. The Balaban J connectivity index is 1.87. The van der Waals surface area contributed by atoms with Gasteiger partial charge in [-0.2, -0.15) is 0 Å². The Morgan fingerprint density at radius 3 is 2.38 bits per heavy atom. The van der Waals surface area contributed by atoms with Crippen LogP contribution in [0.15, 0.2) is 23.8 Å². The number of carbonyl (C=O) groups excluding carboxylic acids is 1. The van der Waals surface area contributed by atoms with Gasteiger partial charge in [-0.15, -0.1) is 0 Å². The highest BCUT2D eigenvalue weighted by molar-refractivity contribution is 6.01. The van der Waals surface area contributed by atoms with E-state index < -0.39 is 6.10 Å². The maximum atomic E-state index is 11.9. The van der Waals surface area contributed by atoms with Gasteiger partial charge in [0.25, 0.3) is 0 Å². The first-order chi connectivity index (χ1) is 11.1. The van der Waals surface area contributed by atoms with Crippen LogP contribution in [0.3, 0.4) is 0 Å². The zero-order valence-corrected chi connectivity index (χ0v) is 15.3. The molecule has 0 aromatic rings. The third-order valence-electron chi connectivity index (χ3n) is 9.16. The highest BCUT2D eigenvalue weighted by atomic mass is 16.3. The maximum absolute atomic E-state index is 11.9. The average molecular weight is 330 g/mol. The Labute approximate surface area is 144 Å². The molecule has 4 aliphatic rings. The molecule has 0 radical (unpaired) electrons. The molecule has 4 aliphatic carbocycles. The van der Waals surface area contributed by atoms with Gasteiger partial charge in [-0.05, 0) is 72.0 Å². The summed E-state index contributed by atoms with van der Waals surface area (Å²) in [6.45, 7) is 9.15. The zero-order valence-electron chi connectivity index (χ0n) is 15.3. The molecule has 24 heavy (non-hydrogen) atoms. The Kier molecular flexibility index (Phi) is 3.18. The second kappa shape index (κ2) is 4.62. The summed E-state index contributed by atoms with van der Waals surface area (Å²) < 4.78 is 0. The summed E-state index contributed by atoms with van der Waals surface area (Å²) >= 11 is 0. The van der Waals surface area contributed by atoms with Gasteiger partial charge < -0.3 is 10.2 Å². The molecule has 0 spiro atoms. The van der Waals surface area contributed by atoms with Gasteiger partial charge in [0.05, 0.1) is 12.2 Å². The number of hydrogen-bond acceptors (Lipinski definition) is 3. The van der Waals surface area contributed by atoms with Crippen molar-refractivity contribution in [2.45, 2.75) is 72.0 Å². The molecule has 0 aromatic carbocycles. The lowest BCUT2D eigenvalue weighted by molar-refractivity contribution is -0.176. The Morgan fingerprint density at radius 1 is 1.00 bits per heavy atom. The highest BCUT2D eigenvalue weighted by Crippen LogP contribution is 2.74. The van der Waals surface area contributed by atoms with E-state index in [9.17, 15) is 15.0 Å². The summed E-state index contributed by atoms with van der Waals surface area (Å²) in [5.74, 6) is 0.336. The lowest BCUT2D eigenvalue weighted by Crippen LogP contribution is -2.63. The van der Waals surface area contributed by atoms with Crippen molar-refractivity contribution in [3.8, 4) is 0 Å². The summed E-state index contributed by atoms with van der Waals surface area (Å²) in [7, 11) is 0. The van der Waals surface area contributed by atoms with Gasteiger partial charge in [0.1, 0.15) is 0 Å². The van der Waals surface area contributed by atoms with Crippen molar-refractivity contribution >= 4 is 5.78 Å². The second-order valence-electron chi connectivity index (χ2n) is 9.65. The van der Waals surface area contributed by atoms with Crippen LogP contribution in [-0.2, 0) is 4.79 Å². The maximum Gasteiger partial charge on any atom is 0.178 e. The predicted octanol–water partition coefficient (Wildman–Crippen LogP) is 3.41. The largest absolute Gasteiger partial charge is 0.393 e. The molecule has 2 N–H and O–H groups in total. The first-order valence-corrected chi connectivity index (χ1v) is 9.40. The standard InChI is InChI=1S/C21H30O3/c1-18-7-5-13(22)11-14(18)15(23)12-16-19(2)8-6-17(24)21(19,4)10-9-20(16,18)3/h5,7,11,15-17,23-24H,6,8-10,12H2,1-4H3/t15-,16+,17+,18+,19+,20+,21-/m1/s1. The smallest absolute Gasteiger partial charge is 0.178 e. The molecule has 0 amide bonds. The zero-order chi connectivity index (χ0) is 17.5. The van der Waals surface area contributed by atoms with Gasteiger partial charge in [0, 0.05) is 5.41 Å². The van der Waals surface area contributed by atoms with Crippen molar-refractivity contribution in [3.05, 3.63) is 23.8 Å². The summed E-state index contributed by atoms with van der Waals surface area (Å²) in [6.07, 6.45) is 9.25. The SMILES string of the molecule is C[C@]12C=CC(=O)C=C1[C@H](O)C[C@@H]1[C@]2(C)CC[C@]2(C)[C@@H](O)CC[C@@]12C. The molecular weight excluding hydrogens is 300 g/mol. The van der Waals surface area contributed by atoms with E-state index in [1.165, 1.54) is 0 Å². The fraction of sp³-hybridized carbons (Fsp3) is 0.762. The number of hydrogen-bond donors (Lipinski definition) is 2. The van der Waals surface area contributed by atoms with E-state index in [4.69, 9.17) is 0 Å². The van der Waals surface area contributed by atoms with E-state index in [1.807, 2.05) is 0 Å². The lowest BCUT2D eigenvalue weighted by atomic mass is 9.37. The van der Waals surface area contributed by atoms with E-state index in [2.05, 4.69) is 33.8 Å². The van der Waals surface area contributed by atoms with Crippen molar-refractivity contribution in [2.24, 2.45) is 27.6 Å². The van der Waals surface area contributed by atoms with Crippen LogP contribution in [0.2, 0.25) is 0 Å². The van der Waals surface area contributed by atoms with Crippen LogP contribution in [0.4, 0.5) is 0 Å². The van der Waals surface area contributed by atoms with Crippen LogP contribution in [0.25, 0.3) is 0 Å². The molecule has 0 aromatic heterocycles. The monoisotopic (exact) mass is 330 g/mol. The number of carbonyl (C=O) groups is 1. The molecule has 3 nitrogen and oxygen atoms in total. The van der Waals surface area contributed by atoms with E-state index >= 15 is 0 Å². The number of fused-ring (bicyclic) bond motifs is 5. The number of ketones is 1. The van der Waals surface area contributed by atoms with Crippen molar-refractivity contribution in [1.29, 1.82) is 0 Å². The molecule has 0 saturated heterocycles.